The zero-order chi connectivity index (χ0) is 29.0. The lowest BCUT2D eigenvalue weighted by Gasteiger charge is -2.14. The molecule has 0 unspecified atom stereocenters. The molecule has 0 spiro atoms. The van der Waals surface area contributed by atoms with Gasteiger partial charge in [0.15, 0.2) is 0 Å². The number of hydrogen-bond acceptors (Lipinski definition) is 4. The molecule has 4 aromatic heterocycles. The lowest BCUT2D eigenvalue weighted by molar-refractivity contribution is 1.35. The highest BCUT2D eigenvalue weighted by molar-refractivity contribution is 6.13. The predicted molar refractivity (Wildman–Crippen MR) is 181 cm³/mol. The lowest BCUT2D eigenvalue weighted by Crippen LogP contribution is -1.96. The number of rotatable bonds is 3. The summed E-state index contributed by atoms with van der Waals surface area (Å²) >= 11 is 0. The van der Waals surface area contributed by atoms with Crippen molar-refractivity contribution in [1.82, 2.24) is 19.9 Å². The SMILES string of the molecule is c1ccc2nc(-c3ccnc4c3ccc3c(-c5ccc6ccccc6n5)cc(-c5cccc6ccccc56)nc34)ccc2c1. The van der Waals surface area contributed by atoms with Gasteiger partial charge in [0.05, 0.1) is 39.1 Å². The third kappa shape index (κ3) is 3.92. The van der Waals surface area contributed by atoms with E-state index < -0.39 is 0 Å². The summed E-state index contributed by atoms with van der Waals surface area (Å²) in [6, 6.07) is 48.3. The molecule has 0 atom stereocenters. The Balaban J connectivity index is 1.35. The Kier molecular flexibility index (Phi) is 5.47. The predicted octanol–water partition coefficient (Wildman–Crippen LogP) is 10.0. The molecule has 0 saturated heterocycles. The van der Waals surface area contributed by atoms with Crippen molar-refractivity contribution in [2.24, 2.45) is 0 Å². The molecule has 0 radical (unpaired) electrons. The molecular weight excluding hydrogens is 536 g/mol. The first-order valence-electron chi connectivity index (χ1n) is 14.7. The summed E-state index contributed by atoms with van der Waals surface area (Å²) in [4.78, 5) is 20.4. The maximum atomic E-state index is 5.35. The number of pyridine rings is 4. The third-order valence-electron chi connectivity index (χ3n) is 8.50. The van der Waals surface area contributed by atoms with Crippen molar-refractivity contribution in [3.8, 4) is 33.8 Å². The minimum atomic E-state index is 0.846. The molecule has 0 saturated carbocycles. The van der Waals surface area contributed by atoms with Crippen LogP contribution < -0.4 is 0 Å². The molecule has 44 heavy (non-hydrogen) atoms. The van der Waals surface area contributed by atoms with E-state index in [4.69, 9.17) is 19.9 Å². The van der Waals surface area contributed by atoms with Crippen LogP contribution in [0.2, 0.25) is 0 Å². The van der Waals surface area contributed by atoms with Crippen LogP contribution in [0, 0.1) is 0 Å². The van der Waals surface area contributed by atoms with E-state index >= 15 is 0 Å². The summed E-state index contributed by atoms with van der Waals surface area (Å²) in [6.07, 6.45) is 1.87. The average Bonchev–Trinajstić information content (AvgIpc) is 3.10. The van der Waals surface area contributed by atoms with Gasteiger partial charge in [-0.1, -0.05) is 103 Å². The molecule has 4 heterocycles. The number of fused-ring (bicyclic) bond motifs is 6. The second-order valence-corrected chi connectivity index (χ2v) is 11.1. The molecular formula is C40H24N4. The zero-order valence-electron chi connectivity index (χ0n) is 23.6. The lowest BCUT2D eigenvalue weighted by atomic mass is 9.96. The van der Waals surface area contributed by atoms with E-state index in [1.54, 1.807) is 0 Å². The molecule has 0 bridgehead atoms. The van der Waals surface area contributed by atoms with Gasteiger partial charge in [0.25, 0.3) is 0 Å². The second-order valence-electron chi connectivity index (χ2n) is 11.1. The van der Waals surface area contributed by atoms with Crippen molar-refractivity contribution in [2.75, 3.05) is 0 Å². The number of para-hydroxylation sites is 2. The number of nitrogens with zero attached hydrogens (tertiary/aromatic N) is 4. The number of hydrogen-bond donors (Lipinski definition) is 0. The first-order valence-corrected chi connectivity index (χ1v) is 14.7. The number of aromatic nitrogens is 4. The maximum Gasteiger partial charge on any atom is 0.0979 e. The molecule has 0 aliphatic rings. The van der Waals surface area contributed by atoms with E-state index in [9.17, 15) is 0 Å². The molecule has 0 aliphatic carbocycles. The van der Waals surface area contributed by atoms with E-state index in [-0.39, 0.29) is 0 Å². The van der Waals surface area contributed by atoms with Crippen molar-refractivity contribution < 1.29 is 0 Å². The van der Waals surface area contributed by atoms with E-state index in [0.29, 0.717) is 0 Å². The minimum absolute atomic E-state index is 0.846. The van der Waals surface area contributed by atoms with Gasteiger partial charge in [0.1, 0.15) is 0 Å². The Bertz CT molecular complexity index is 2560. The maximum absolute atomic E-state index is 5.35. The molecule has 4 nitrogen and oxygen atoms in total. The quantitative estimate of drug-likeness (QED) is 0.202. The molecule has 0 aliphatic heterocycles. The summed E-state index contributed by atoms with van der Waals surface area (Å²) in [7, 11) is 0. The molecule has 4 heteroatoms. The van der Waals surface area contributed by atoms with Gasteiger partial charge in [-0.3, -0.25) is 4.98 Å². The van der Waals surface area contributed by atoms with Gasteiger partial charge in [-0.05, 0) is 47.2 Å². The standard InChI is InChI=1S/C40H24N4/c1-4-12-28-25(8-1)11-7-13-29(28)38-24-33(37-21-17-27-10-3-6-15-35(27)43-37)32-19-18-31-30(22-23-41-39(31)40(32)44-38)36-20-16-26-9-2-5-14-34(26)42-36/h1-24H. The Morgan fingerprint density at radius 3 is 1.68 bits per heavy atom. The van der Waals surface area contributed by atoms with Crippen LogP contribution in [0.3, 0.4) is 0 Å². The third-order valence-corrected chi connectivity index (χ3v) is 8.50. The summed E-state index contributed by atoms with van der Waals surface area (Å²) in [5.41, 5.74) is 9.48. The van der Waals surface area contributed by atoms with E-state index in [0.717, 1.165) is 82.8 Å². The first-order chi connectivity index (χ1) is 21.8. The van der Waals surface area contributed by atoms with Gasteiger partial charge in [0.2, 0.25) is 0 Å². The highest BCUT2D eigenvalue weighted by Crippen LogP contribution is 2.38. The second kappa shape index (κ2) is 9.79. The fourth-order valence-electron chi connectivity index (χ4n) is 6.36. The Hall–Kier alpha value is -6.00. The molecule has 9 aromatic rings. The smallest absolute Gasteiger partial charge is 0.0979 e. The van der Waals surface area contributed by atoms with Crippen molar-refractivity contribution in [2.45, 2.75) is 0 Å². The highest BCUT2D eigenvalue weighted by atomic mass is 14.8. The van der Waals surface area contributed by atoms with Crippen LogP contribution in [0.4, 0.5) is 0 Å². The zero-order valence-corrected chi connectivity index (χ0v) is 23.6. The molecule has 0 N–H and O–H groups in total. The Morgan fingerprint density at radius 2 is 0.932 bits per heavy atom. The van der Waals surface area contributed by atoms with Crippen molar-refractivity contribution >= 4 is 54.4 Å². The van der Waals surface area contributed by atoms with Gasteiger partial charge in [0, 0.05) is 44.4 Å². The van der Waals surface area contributed by atoms with Crippen LogP contribution in [0.5, 0.6) is 0 Å². The average molecular weight is 561 g/mol. The topological polar surface area (TPSA) is 51.6 Å². The van der Waals surface area contributed by atoms with Crippen molar-refractivity contribution in [3.63, 3.8) is 0 Å². The molecule has 204 valence electrons. The number of benzene rings is 5. The highest BCUT2D eigenvalue weighted by Gasteiger charge is 2.17. The van der Waals surface area contributed by atoms with E-state index in [2.05, 4.69) is 109 Å². The van der Waals surface area contributed by atoms with E-state index in [1.807, 2.05) is 36.5 Å². The van der Waals surface area contributed by atoms with Crippen LogP contribution in [0.25, 0.3) is 88.2 Å². The fraction of sp³-hybridized carbons (Fsp3) is 0. The summed E-state index contributed by atoms with van der Waals surface area (Å²) < 4.78 is 0. The van der Waals surface area contributed by atoms with Gasteiger partial charge in [-0.25, -0.2) is 15.0 Å². The Morgan fingerprint density at radius 1 is 0.341 bits per heavy atom. The van der Waals surface area contributed by atoms with Gasteiger partial charge in [-0.2, -0.15) is 0 Å². The first kappa shape index (κ1) is 24.6. The van der Waals surface area contributed by atoms with Crippen LogP contribution in [0.15, 0.2) is 146 Å². The fourth-order valence-corrected chi connectivity index (χ4v) is 6.36. The van der Waals surface area contributed by atoms with Crippen LogP contribution in [-0.4, -0.2) is 19.9 Å². The molecule has 0 fully saturated rings. The van der Waals surface area contributed by atoms with Crippen LogP contribution in [0.1, 0.15) is 0 Å². The van der Waals surface area contributed by atoms with Crippen LogP contribution in [-0.2, 0) is 0 Å². The minimum Gasteiger partial charge on any atom is -0.254 e. The molecule has 5 aromatic carbocycles. The van der Waals surface area contributed by atoms with Gasteiger partial charge in [-0.15, -0.1) is 0 Å². The van der Waals surface area contributed by atoms with Crippen LogP contribution >= 0.6 is 0 Å². The van der Waals surface area contributed by atoms with Gasteiger partial charge >= 0.3 is 0 Å². The molecule has 0 amide bonds. The summed E-state index contributed by atoms with van der Waals surface area (Å²) in [5.74, 6) is 0. The molecule has 9 rings (SSSR count). The summed E-state index contributed by atoms with van der Waals surface area (Å²) in [6.45, 7) is 0. The van der Waals surface area contributed by atoms with Crippen molar-refractivity contribution in [3.05, 3.63) is 146 Å². The monoisotopic (exact) mass is 560 g/mol. The van der Waals surface area contributed by atoms with Crippen molar-refractivity contribution in [1.29, 1.82) is 0 Å². The van der Waals surface area contributed by atoms with E-state index in [1.165, 1.54) is 5.39 Å². The summed E-state index contributed by atoms with van der Waals surface area (Å²) in [5, 5.41) is 6.60. The normalized spacial score (nSPS) is 11.6. The largest absolute Gasteiger partial charge is 0.254 e. The Labute approximate surface area is 253 Å². The van der Waals surface area contributed by atoms with Gasteiger partial charge < -0.3 is 0 Å².